The zero-order valence-corrected chi connectivity index (χ0v) is 21.9. The molecule has 2 fully saturated rings. The lowest BCUT2D eigenvalue weighted by molar-refractivity contribution is -0.190. The first-order valence-corrected chi connectivity index (χ1v) is 13.2. The maximum absolute atomic E-state index is 13.9. The minimum absolute atomic E-state index is 0.00203. The summed E-state index contributed by atoms with van der Waals surface area (Å²) in [5.41, 5.74) is 2.55. The molecule has 0 aliphatic carbocycles. The number of carbonyl (C=O) groups is 3. The van der Waals surface area contributed by atoms with E-state index in [1.807, 2.05) is 67.6 Å². The van der Waals surface area contributed by atoms with E-state index in [-0.39, 0.29) is 36.8 Å². The molecule has 0 saturated carbocycles. The zero-order valence-electron chi connectivity index (χ0n) is 21.9. The third-order valence-corrected chi connectivity index (χ3v) is 7.28. The number of hydrazine groups is 1. The summed E-state index contributed by atoms with van der Waals surface area (Å²) in [5, 5.41) is 6.32. The van der Waals surface area contributed by atoms with Crippen LogP contribution in [-0.2, 0) is 22.6 Å². The van der Waals surface area contributed by atoms with Crippen molar-refractivity contribution >= 4 is 17.8 Å². The summed E-state index contributed by atoms with van der Waals surface area (Å²) in [6.45, 7) is 3.23. The monoisotopic (exact) mass is 529 g/mol. The van der Waals surface area contributed by atoms with Crippen molar-refractivity contribution in [3.05, 3.63) is 107 Å². The van der Waals surface area contributed by atoms with Crippen molar-refractivity contribution in [3.8, 4) is 0 Å². The minimum Gasteiger partial charge on any atom is -0.336 e. The second-order valence-electron chi connectivity index (χ2n) is 9.73. The lowest BCUT2D eigenvalue weighted by Gasteiger charge is -2.55. The molecular weight excluding hydrogens is 497 g/mol. The number of nitrogens with one attached hydrogen (secondary N) is 1. The Morgan fingerprint density at radius 1 is 0.923 bits per heavy atom. The van der Waals surface area contributed by atoms with Gasteiger partial charge in [0.2, 0.25) is 11.8 Å². The Labute approximate surface area is 227 Å². The predicted octanol–water partition coefficient (Wildman–Crippen LogP) is 3.57. The van der Waals surface area contributed by atoms with Gasteiger partial charge in [-0.3, -0.25) is 9.59 Å². The van der Waals surface area contributed by atoms with Crippen molar-refractivity contribution in [1.29, 1.82) is 0 Å². The first-order valence-electron chi connectivity index (χ1n) is 13.2. The summed E-state index contributed by atoms with van der Waals surface area (Å²) >= 11 is 0. The quantitative estimate of drug-likeness (QED) is 0.508. The second kappa shape index (κ2) is 11.7. The first-order chi connectivity index (χ1) is 19.0. The molecule has 3 aromatic rings. The number of piperazine rings is 1. The van der Waals surface area contributed by atoms with Gasteiger partial charge in [-0.1, -0.05) is 79.7 Å². The van der Waals surface area contributed by atoms with E-state index < -0.39 is 12.2 Å². The van der Waals surface area contributed by atoms with Crippen LogP contribution < -0.4 is 5.32 Å². The van der Waals surface area contributed by atoms with Gasteiger partial charge < -0.3 is 15.1 Å². The first kappa shape index (κ1) is 26.4. The average molecular weight is 530 g/mol. The summed E-state index contributed by atoms with van der Waals surface area (Å²) < 4.78 is 13.4. The maximum Gasteiger partial charge on any atom is 0.334 e. The van der Waals surface area contributed by atoms with E-state index in [2.05, 4.69) is 5.32 Å². The van der Waals surface area contributed by atoms with E-state index in [1.165, 1.54) is 12.1 Å². The van der Waals surface area contributed by atoms with Crippen LogP contribution in [-0.4, -0.2) is 70.0 Å². The fourth-order valence-electron chi connectivity index (χ4n) is 5.28. The summed E-state index contributed by atoms with van der Waals surface area (Å²) in [6, 6.07) is 23.9. The normalized spacial score (nSPS) is 19.7. The van der Waals surface area contributed by atoms with Gasteiger partial charge in [0.1, 0.15) is 18.0 Å². The minimum atomic E-state index is -0.853. The molecule has 3 aromatic carbocycles. The highest BCUT2D eigenvalue weighted by Crippen LogP contribution is 2.34. The highest BCUT2D eigenvalue weighted by atomic mass is 19.1. The van der Waals surface area contributed by atoms with E-state index in [1.54, 1.807) is 32.0 Å². The lowest BCUT2D eigenvalue weighted by atomic mass is 9.98. The highest BCUT2D eigenvalue weighted by Gasteiger charge is 2.51. The number of rotatable bonds is 7. The zero-order chi connectivity index (χ0) is 27.4. The Hall–Kier alpha value is -4.24. The van der Waals surface area contributed by atoms with Gasteiger partial charge in [0.05, 0.1) is 13.1 Å². The summed E-state index contributed by atoms with van der Waals surface area (Å²) in [4.78, 5) is 44.3. The summed E-state index contributed by atoms with van der Waals surface area (Å²) in [7, 11) is 0. The third kappa shape index (κ3) is 5.63. The Bertz CT molecular complexity index is 1310. The van der Waals surface area contributed by atoms with Gasteiger partial charge in [-0.2, -0.15) is 0 Å². The molecule has 39 heavy (non-hydrogen) atoms. The SMILES string of the molecule is CCN1CC(=O)N2[C@@H](c3ccccc3)C(=O)N(CCc3ccc(F)cc3)C[C@@H]2N1C(=O)NCc1ccccc1. The van der Waals surface area contributed by atoms with Crippen molar-refractivity contribution in [1.82, 2.24) is 25.1 Å². The summed E-state index contributed by atoms with van der Waals surface area (Å²) in [6.07, 6.45) is -0.163. The number of carbonyl (C=O) groups excluding carboxylic acids is 3. The van der Waals surface area contributed by atoms with Gasteiger partial charge in [0.25, 0.3) is 0 Å². The fourth-order valence-corrected chi connectivity index (χ4v) is 5.28. The van der Waals surface area contributed by atoms with Gasteiger partial charge in [0, 0.05) is 19.6 Å². The van der Waals surface area contributed by atoms with E-state index in [9.17, 15) is 18.8 Å². The standard InChI is InChI=1S/C30H32FN5O3/c1-2-34-21-27(37)35-26(36(34)30(39)32-19-23-9-5-3-6-10-23)20-33(18-17-22-13-15-25(31)16-14-22)29(38)28(35)24-11-7-4-8-12-24/h3-16,26,28H,2,17-21H2,1H3,(H,32,39)/t26-,28-/m0/s1. The number of halogens is 1. The number of hydrogen-bond acceptors (Lipinski definition) is 4. The van der Waals surface area contributed by atoms with E-state index in [0.717, 1.165) is 11.1 Å². The van der Waals surface area contributed by atoms with Crippen LogP contribution in [0, 0.1) is 5.82 Å². The molecule has 2 aliphatic heterocycles. The molecule has 202 valence electrons. The second-order valence-corrected chi connectivity index (χ2v) is 9.73. The Balaban J connectivity index is 1.45. The molecule has 2 saturated heterocycles. The molecule has 0 unspecified atom stereocenters. The van der Waals surface area contributed by atoms with Crippen molar-refractivity contribution < 1.29 is 18.8 Å². The molecule has 2 aliphatic rings. The van der Waals surface area contributed by atoms with E-state index in [4.69, 9.17) is 0 Å². The van der Waals surface area contributed by atoms with Crippen LogP contribution in [0.1, 0.15) is 29.7 Å². The number of benzene rings is 3. The topological polar surface area (TPSA) is 76.2 Å². The largest absolute Gasteiger partial charge is 0.336 e. The number of urea groups is 1. The molecule has 0 spiro atoms. The van der Waals surface area contributed by atoms with Gasteiger partial charge in [-0.05, 0) is 35.2 Å². The van der Waals surface area contributed by atoms with E-state index >= 15 is 0 Å². The number of nitrogens with zero attached hydrogens (tertiary/aromatic N) is 4. The van der Waals surface area contributed by atoms with Crippen LogP contribution in [0.25, 0.3) is 0 Å². The molecule has 0 aromatic heterocycles. The Morgan fingerprint density at radius 3 is 2.26 bits per heavy atom. The van der Waals surface area contributed by atoms with Crippen LogP contribution in [0.3, 0.4) is 0 Å². The molecule has 4 amide bonds. The average Bonchev–Trinajstić information content (AvgIpc) is 2.96. The van der Waals surface area contributed by atoms with Crippen molar-refractivity contribution in [2.75, 3.05) is 26.2 Å². The van der Waals surface area contributed by atoms with Crippen LogP contribution in [0.15, 0.2) is 84.9 Å². The maximum atomic E-state index is 13.9. The smallest absolute Gasteiger partial charge is 0.334 e. The highest BCUT2D eigenvalue weighted by molar-refractivity contribution is 5.92. The van der Waals surface area contributed by atoms with Crippen molar-refractivity contribution in [2.24, 2.45) is 0 Å². The Morgan fingerprint density at radius 2 is 1.59 bits per heavy atom. The number of amides is 4. The molecule has 1 N–H and O–H groups in total. The van der Waals surface area contributed by atoms with Gasteiger partial charge in [-0.25, -0.2) is 19.2 Å². The van der Waals surface area contributed by atoms with Gasteiger partial charge in [-0.15, -0.1) is 0 Å². The van der Waals surface area contributed by atoms with Gasteiger partial charge >= 0.3 is 6.03 Å². The molecule has 8 nitrogen and oxygen atoms in total. The van der Waals surface area contributed by atoms with E-state index in [0.29, 0.717) is 31.6 Å². The Kier molecular flexibility index (Phi) is 7.88. The molecule has 0 bridgehead atoms. The number of hydrogen-bond donors (Lipinski definition) is 1. The number of likely N-dealkylation sites (N-methyl/N-ethyl adjacent to an activating group) is 1. The number of fused-ring (bicyclic) bond motifs is 1. The third-order valence-electron chi connectivity index (χ3n) is 7.28. The molecular formula is C30H32FN5O3. The van der Waals surface area contributed by atoms with Crippen LogP contribution in [0.4, 0.5) is 9.18 Å². The predicted molar refractivity (Wildman–Crippen MR) is 144 cm³/mol. The van der Waals surface area contributed by atoms with Crippen LogP contribution >= 0.6 is 0 Å². The summed E-state index contributed by atoms with van der Waals surface area (Å²) in [5.74, 6) is -0.707. The fraction of sp³-hybridized carbons (Fsp3) is 0.300. The van der Waals surface area contributed by atoms with Crippen LogP contribution in [0.5, 0.6) is 0 Å². The van der Waals surface area contributed by atoms with Gasteiger partial charge in [0.15, 0.2) is 0 Å². The lowest BCUT2D eigenvalue weighted by Crippen LogP contribution is -2.74. The molecule has 2 heterocycles. The molecule has 5 rings (SSSR count). The molecule has 9 heteroatoms. The molecule has 2 atom stereocenters. The van der Waals surface area contributed by atoms with Crippen molar-refractivity contribution in [2.45, 2.75) is 32.1 Å². The van der Waals surface area contributed by atoms with Crippen LogP contribution in [0.2, 0.25) is 0 Å². The molecule has 0 radical (unpaired) electrons. The van der Waals surface area contributed by atoms with Crippen molar-refractivity contribution in [3.63, 3.8) is 0 Å².